The molecule has 11 heavy (non-hydrogen) atoms. The highest BCUT2D eigenvalue weighted by Gasteiger charge is 2.10. The van der Waals surface area contributed by atoms with Crippen molar-refractivity contribution in [2.45, 2.75) is 32.6 Å². The summed E-state index contributed by atoms with van der Waals surface area (Å²) in [5, 5.41) is 0. The van der Waals surface area contributed by atoms with Crippen LogP contribution in [-0.2, 0) is 4.74 Å². The molecule has 0 amide bonds. The van der Waals surface area contributed by atoms with Crippen molar-refractivity contribution < 1.29 is 4.74 Å². The van der Waals surface area contributed by atoms with Crippen molar-refractivity contribution in [2.24, 2.45) is 5.92 Å². The summed E-state index contributed by atoms with van der Waals surface area (Å²) < 4.78 is 5.15. The summed E-state index contributed by atoms with van der Waals surface area (Å²) in [7, 11) is 1.80. The third kappa shape index (κ3) is 3.06. The Labute approximate surface area is 69.4 Å². The summed E-state index contributed by atoms with van der Waals surface area (Å²) in [5.74, 6) is 0.800. The van der Waals surface area contributed by atoms with E-state index < -0.39 is 0 Å². The Balaban J connectivity index is 2.29. The number of hydrogen-bond donors (Lipinski definition) is 0. The van der Waals surface area contributed by atoms with Crippen molar-refractivity contribution in [1.82, 2.24) is 0 Å². The first-order valence-corrected chi connectivity index (χ1v) is 4.47. The fraction of sp³-hybridized carbons (Fsp3) is 0.800. The molecule has 1 atom stereocenters. The third-order valence-electron chi connectivity index (χ3n) is 2.42. The van der Waals surface area contributed by atoms with Gasteiger partial charge < -0.3 is 4.74 Å². The van der Waals surface area contributed by atoms with Gasteiger partial charge in [-0.2, -0.15) is 0 Å². The molecule has 0 aromatic heterocycles. The van der Waals surface area contributed by atoms with Crippen LogP contribution in [-0.4, -0.2) is 13.7 Å². The van der Waals surface area contributed by atoms with Gasteiger partial charge in [0.05, 0.1) is 0 Å². The molecule has 0 bridgehead atoms. The Kier molecular flexibility index (Phi) is 3.64. The summed E-state index contributed by atoms with van der Waals surface area (Å²) >= 11 is 0. The lowest BCUT2D eigenvalue weighted by molar-refractivity contribution is 0.145. The van der Waals surface area contributed by atoms with Crippen molar-refractivity contribution in [1.29, 1.82) is 0 Å². The second-order valence-corrected chi connectivity index (χ2v) is 3.49. The molecule has 0 radical (unpaired) electrons. The number of methoxy groups -OCH3 is 1. The zero-order valence-corrected chi connectivity index (χ0v) is 7.60. The molecule has 0 spiro atoms. The first-order valence-electron chi connectivity index (χ1n) is 4.47. The van der Waals surface area contributed by atoms with Crippen LogP contribution in [0.25, 0.3) is 0 Å². The van der Waals surface area contributed by atoms with Crippen LogP contribution in [0.3, 0.4) is 0 Å². The number of hydrogen-bond acceptors (Lipinski definition) is 1. The lowest BCUT2D eigenvalue weighted by Gasteiger charge is -2.11. The lowest BCUT2D eigenvalue weighted by atomic mass is 10.0. The van der Waals surface area contributed by atoms with Crippen LogP contribution >= 0.6 is 0 Å². The predicted molar refractivity (Wildman–Crippen MR) is 47.6 cm³/mol. The van der Waals surface area contributed by atoms with E-state index in [4.69, 9.17) is 4.74 Å². The Morgan fingerprint density at radius 2 is 2.36 bits per heavy atom. The van der Waals surface area contributed by atoms with Gasteiger partial charge >= 0.3 is 0 Å². The summed E-state index contributed by atoms with van der Waals surface area (Å²) in [6.45, 7) is 3.18. The zero-order chi connectivity index (χ0) is 8.10. The first kappa shape index (κ1) is 8.79. The maximum atomic E-state index is 5.15. The van der Waals surface area contributed by atoms with E-state index in [9.17, 15) is 0 Å². The topological polar surface area (TPSA) is 9.23 Å². The van der Waals surface area contributed by atoms with E-state index in [1.807, 2.05) is 0 Å². The van der Waals surface area contributed by atoms with Gasteiger partial charge in [-0.3, -0.25) is 0 Å². The third-order valence-corrected chi connectivity index (χ3v) is 2.42. The van der Waals surface area contributed by atoms with E-state index in [-0.39, 0.29) is 0 Å². The monoisotopic (exact) mass is 154 g/mol. The molecule has 1 nitrogen and oxygen atoms in total. The second kappa shape index (κ2) is 4.55. The molecule has 1 rings (SSSR count). The van der Waals surface area contributed by atoms with Crippen molar-refractivity contribution >= 4 is 0 Å². The zero-order valence-electron chi connectivity index (χ0n) is 7.60. The van der Waals surface area contributed by atoms with E-state index in [0.717, 1.165) is 12.5 Å². The van der Waals surface area contributed by atoms with Gasteiger partial charge in [-0.15, -0.1) is 0 Å². The lowest BCUT2D eigenvalue weighted by Crippen LogP contribution is -2.06. The SMILES string of the molecule is COCC1CCC=C(C)CC1. The van der Waals surface area contributed by atoms with Crippen molar-refractivity contribution in [3.8, 4) is 0 Å². The fourth-order valence-electron chi connectivity index (χ4n) is 1.65. The minimum absolute atomic E-state index is 0.800. The van der Waals surface area contributed by atoms with Gasteiger partial charge in [-0.05, 0) is 38.5 Å². The van der Waals surface area contributed by atoms with Gasteiger partial charge in [-0.25, -0.2) is 0 Å². The highest BCUT2D eigenvalue weighted by molar-refractivity contribution is 5.00. The van der Waals surface area contributed by atoms with E-state index in [1.54, 1.807) is 12.7 Å². The van der Waals surface area contributed by atoms with Crippen LogP contribution in [0.15, 0.2) is 11.6 Å². The molecule has 64 valence electrons. The van der Waals surface area contributed by atoms with E-state index in [2.05, 4.69) is 13.0 Å². The first-order chi connectivity index (χ1) is 5.33. The Bertz CT molecular complexity index is 138. The maximum Gasteiger partial charge on any atom is 0.0490 e. The van der Waals surface area contributed by atoms with Crippen LogP contribution in [0, 0.1) is 5.92 Å². The standard InChI is InChI=1S/C10H18O/c1-9-4-3-5-10(7-6-9)8-11-2/h4,10H,3,5-8H2,1-2H3. The van der Waals surface area contributed by atoms with Crippen LogP contribution in [0.2, 0.25) is 0 Å². The minimum atomic E-state index is 0.800. The van der Waals surface area contributed by atoms with Crippen LogP contribution in [0.4, 0.5) is 0 Å². The Hall–Kier alpha value is -0.300. The quantitative estimate of drug-likeness (QED) is 0.556. The molecule has 1 heteroatoms. The van der Waals surface area contributed by atoms with Gasteiger partial charge in [0.25, 0.3) is 0 Å². The Morgan fingerprint density at radius 3 is 3.09 bits per heavy atom. The van der Waals surface area contributed by atoms with Crippen LogP contribution in [0.1, 0.15) is 32.6 Å². The molecule has 0 fully saturated rings. The fourth-order valence-corrected chi connectivity index (χ4v) is 1.65. The summed E-state index contributed by atoms with van der Waals surface area (Å²) in [4.78, 5) is 0. The summed E-state index contributed by atoms with van der Waals surface area (Å²) in [5.41, 5.74) is 1.56. The maximum absolute atomic E-state index is 5.15. The minimum Gasteiger partial charge on any atom is -0.384 e. The Morgan fingerprint density at radius 1 is 1.55 bits per heavy atom. The van der Waals surface area contributed by atoms with Gasteiger partial charge in [0.2, 0.25) is 0 Å². The molecular formula is C10H18O. The molecule has 1 aliphatic rings. The molecule has 0 aromatic rings. The van der Waals surface area contributed by atoms with Crippen molar-refractivity contribution in [3.05, 3.63) is 11.6 Å². The molecule has 0 N–H and O–H groups in total. The number of allylic oxidation sites excluding steroid dienone is 2. The van der Waals surface area contributed by atoms with E-state index in [0.29, 0.717) is 0 Å². The van der Waals surface area contributed by atoms with E-state index in [1.165, 1.54) is 25.7 Å². The molecule has 1 unspecified atom stereocenters. The molecule has 0 saturated heterocycles. The van der Waals surface area contributed by atoms with Gasteiger partial charge in [0.1, 0.15) is 0 Å². The van der Waals surface area contributed by atoms with Crippen molar-refractivity contribution in [3.63, 3.8) is 0 Å². The number of ether oxygens (including phenoxy) is 1. The molecule has 0 aliphatic heterocycles. The largest absolute Gasteiger partial charge is 0.384 e. The predicted octanol–water partition coefficient (Wildman–Crippen LogP) is 2.77. The summed E-state index contributed by atoms with van der Waals surface area (Å²) in [6, 6.07) is 0. The molecule has 0 aromatic carbocycles. The van der Waals surface area contributed by atoms with Gasteiger partial charge in [-0.1, -0.05) is 11.6 Å². The van der Waals surface area contributed by atoms with Crippen LogP contribution in [0.5, 0.6) is 0 Å². The highest BCUT2D eigenvalue weighted by atomic mass is 16.5. The highest BCUT2D eigenvalue weighted by Crippen LogP contribution is 2.22. The average molecular weight is 154 g/mol. The van der Waals surface area contributed by atoms with Gasteiger partial charge in [0.15, 0.2) is 0 Å². The van der Waals surface area contributed by atoms with Crippen LogP contribution < -0.4 is 0 Å². The van der Waals surface area contributed by atoms with E-state index >= 15 is 0 Å². The molecule has 0 heterocycles. The smallest absolute Gasteiger partial charge is 0.0490 e. The van der Waals surface area contributed by atoms with Gasteiger partial charge in [0, 0.05) is 13.7 Å². The second-order valence-electron chi connectivity index (χ2n) is 3.49. The summed E-state index contributed by atoms with van der Waals surface area (Å²) in [6.07, 6.45) is 7.52. The molecule has 1 aliphatic carbocycles. The number of rotatable bonds is 2. The normalized spacial score (nSPS) is 26.0. The molecular weight excluding hydrogens is 136 g/mol. The van der Waals surface area contributed by atoms with Crippen molar-refractivity contribution in [2.75, 3.05) is 13.7 Å². The average Bonchev–Trinajstić information content (AvgIpc) is 2.17. The molecule has 0 saturated carbocycles.